The summed E-state index contributed by atoms with van der Waals surface area (Å²) in [5.41, 5.74) is 0.686. The third-order valence-electron chi connectivity index (χ3n) is 6.73. The van der Waals surface area contributed by atoms with Crippen LogP contribution in [0.1, 0.15) is 64.2 Å². The lowest BCUT2D eigenvalue weighted by Gasteiger charge is -2.43. The third-order valence-corrected chi connectivity index (χ3v) is 6.73. The molecule has 2 saturated heterocycles. The summed E-state index contributed by atoms with van der Waals surface area (Å²) in [4.78, 5) is 2.51. The van der Waals surface area contributed by atoms with Gasteiger partial charge in [-0.05, 0) is 95.9 Å². The molecule has 3 fully saturated rings. The molecule has 0 amide bonds. The van der Waals surface area contributed by atoms with E-state index in [4.69, 9.17) is 0 Å². The summed E-state index contributed by atoms with van der Waals surface area (Å²) < 4.78 is 0. The summed E-state index contributed by atoms with van der Waals surface area (Å²) in [6.45, 7) is 6.30. The minimum atomic E-state index is 0. The number of likely N-dealkylation sites (tertiary alicyclic amines) is 1. The average molecular weight is 396 g/mol. The molecule has 150 valence electrons. The van der Waals surface area contributed by atoms with E-state index >= 15 is 0 Å². The number of rotatable bonds is 6. The van der Waals surface area contributed by atoms with Crippen molar-refractivity contribution in [3.05, 3.63) is 0 Å². The maximum atomic E-state index is 9.48. The molecule has 1 aliphatic carbocycles. The van der Waals surface area contributed by atoms with E-state index in [2.05, 4.69) is 15.5 Å². The lowest BCUT2D eigenvalue weighted by molar-refractivity contribution is 0.0877. The van der Waals surface area contributed by atoms with Gasteiger partial charge in [0.2, 0.25) is 0 Å². The molecule has 1 unspecified atom stereocenters. The summed E-state index contributed by atoms with van der Waals surface area (Å²) in [6.07, 6.45) is 13.4. The normalized spacial score (nSPS) is 27.5. The summed E-state index contributed by atoms with van der Waals surface area (Å²) in [7, 11) is 0. The molecule has 3 rings (SSSR count). The fourth-order valence-corrected chi connectivity index (χ4v) is 5.04. The summed E-state index contributed by atoms with van der Waals surface area (Å²) in [6, 6.07) is 1.18. The average Bonchev–Trinajstić information content (AvgIpc) is 2.61. The van der Waals surface area contributed by atoms with Crippen LogP contribution in [0.4, 0.5) is 0 Å². The van der Waals surface area contributed by atoms with E-state index < -0.39 is 0 Å². The molecule has 3 N–H and O–H groups in total. The highest BCUT2D eigenvalue weighted by Crippen LogP contribution is 2.43. The molecule has 2 heterocycles. The Hall–Kier alpha value is 0.420. The number of nitrogens with zero attached hydrogens (tertiary/aromatic N) is 1. The molecule has 0 aromatic carbocycles. The van der Waals surface area contributed by atoms with E-state index in [1.807, 2.05) is 0 Å². The molecule has 0 aromatic rings. The van der Waals surface area contributed by atoms with Gasteiger partial charge in [-0.2, -0.15) is 0 Å². The number of aliphatic hydroxyl groups excluding tert-OH is 1. The Morgan fingerprint density at radius 1 is 1.00 bits per heavy atom. The van der Waals surface area contributed by atoms with E-state index in [1.54, 1.807) is 0 Å². The lowest BCUT2D eigenvalue weighted by atomic mass is 9.67. The highest BCUT2D eigenvalue weighted by Gasteiger charge is 2.35. The van der Waals surface area contributed by atoms with Crippen molar-refractivity contribution >= 4 is 24.8 Å². The first kappa shape index (κ1) is 23.5. The van der Waals surface area contributed by atoms with Crippen molar-refractivity contribution in [3.63, 3.8) is 0 Å². The first-order valence-electron chi connectivity index (χ1n) is 10.1. The molecule has 0 bridgehead atoms. The zero-order valence-corrected chi connectivity index (χ0v) is 17.3. The topological polar surface area (TPSA) is 47.5 Å². The van der Waals surface area contributed by atoms with Crippen molar-refractivity contribution in [3.8, 4) is 0 Å². The number of hydrogen-bond donors (Lipinski definition) is 3. The minimum Gasteiger partial charge on any atom is -0.395 e. The Kier molecular flexibility index (Phi) is 11.3. The molecule has 4 nitrogen and oxygen atoms in total. The molecule has 0 radical (unpaired) electrons. The van der Waals surface area contributed by atoms with Gasteiger partial charge in [-0.15, -0.1) is 24.8 Å². The summed E-state index contributed by atoms with van der Waals surface area (Å²) in [5, 5.41) is 16.8. The van der Waals surface area contributed by atoms with Gasteiger partial charge < -0.3 is 15.7 Å². The van der Waals surface area contributed by atoms with E-state index in [0.29, 0.717) is 18.1 Å². The molecule has 1 atom stereocenters. The van der Waals surface area contributed by atoms with E-state index in [1.165, 1.54) is 83.8 Å². The Balaban J connectivity index is 0.00000156. The fraction of sp³-hybridized carbons (Fsp3) is 1.00. The molecule has 25 heavy (non-hydrogen) atoms. The second-order valence-corrected chi connectivity index (χ2v) is 8.20. The maximum absolute atomic E-state index is 9.48. The van der Waals surface area contributed by atoms with Crippen LogP contribution in [0.3, 0.4) is 0 Å². The van der Waals surface area contributed by atoms with Crippen molar-refractivity contribution in [2.75, 3.05) is 39.3 Å². The highest BCUT2D eigenvalue weighted by atomic mass is 35.5. The standard InChI is InChI=1S/C19H37N3O.2ClH/c23-16-18-4-1-2-14-22(18)15-3-11-21-17-5-7-19(8-6-17)9-12-20-13-10-19;;/h17-18,20-21,23H,1-16H2;2*1H. The summed E-state index contributed by atoms with van der Waals surface area (Å²) in [5.74, 6) is 0. The zero-order valence-electron chi connectivity index (χ0n) is 15.7. The van der Waals surface area contributed by atoms with Crippen LogP contribution < -0.4 is 10.6 Å². The Morgan fingerprint density at radius 2 is 1.72 bits per heavy atom. The van der Waals surface area contributed by atoms with Gasteiger partial charge in [-0.3, -0.25) is 4.90 Å². The highest BCUT2D eigenvalue weighted by molar-refractivity contribution is 5.85. The molecule has 2 aliphatic heterocycles. The van der Waals surface area contributed by atoms with Crippen LogP contribution in [0, 0.1) is 5.41 Å². The predicted octanol–water partition coefficient (Wildman–Crippen LogP) is 2.97. The molecule has 0 aromatic heterocycles. The quantitative estimate of drug-likeness (QED) is 0.604. The van der Waals surface area contributed by atoms with Gasteiger partial charge in [0.25, 0.3) is 0 Å². The number of nitrogens with one attached hydrogen (secondary N) is 2. The van der Waals surface area contributed by atoms with Crippen LogP contribution in [0.25, 0.3) is 0 Å². The Labute approximate surface area is 166 Å². The van der Waals surface area contributed by atoms with E-state index in [0.717, 1.165) is 19.1 Å². The largest absolute Gasteiger partial charge is 0.395 e. The first-order valence-corrected chi connectivity index (χ1v) is 10.1. The number of hydrogen-bond acceptors (Lipinski definition) is 4. The Morgan fingerprint density at radius 3 is 2.40 bits per heavy atom. The minimum absolute atomic E-state index is 0. The van der Waals surface area contributed by atoms with Crippen LogP contribution in [0.5, 0.6) is 0 Å². The van der Waals surface area contributed by atoms with Gasteiger partial charge in [-0.1, -0.05) is 6.42 Å². The van der Waals surface area contributed by atoms with Crippen molar-refractivity contribution in [2.24, 2.45) is 5.41 Å². The zero-order chi connectivity index (χ0) is 16.0. The molecular formula is C19H39Cl2N3O. The monoisotopic (exact) mass is 395 g/mol. The van der Waals surface area contributed by atoms with Crippen molar-refractivity contribution in [1.29, 1.82) is 0 Å². The molecule has 1 spiro atoms. The number of piperidine rings is 2. The van der Waals surface area contributed by atoms with Crippen molar-refractivity contribution in [2.45, 2.75) is 76.3 Å². The molecule has 1 saturated carbocycles. The van der Waals surface area contributed by atoms with Gasteiger partial charge in [0, 0.05) is 12.1 Å². The predicted molar refractivity (Wildman–Crippen MR) is 110 cm³/mol. The molecular weight excluding hydrogens is 357 g/mol. The SMILES string of the molecule is Cl.Cl.OCC1CCCCN1CCCNC1CCC2(CCNCC2)CC1. The Bertz CT molecular complexity index is 344. The fourth-order valence-electron chi connectivity index (χ4n) is 5.04. The molecule has 6 heteroatoms. The second kappa shape index (κ2) is 12.0. The van der Waals surface area contributed by atoms with Crippen LogP contribution >= 0.6 is 24.8 Å². The molecule has 3 aliphatic rings. The van der Waals surface area contributed by atoms with Gasteiger partial charge in [0.05, 0.1) is 6.61 Å². The van der Waals surface area contributed by atoms with Gasteiger partial charge in [0.15, 0.2) is 0 Å². The first-order chi connectivity index (χ1) is 11.3. The third kappa shape index (κ3) is 6.82. The maximum Gasteiger partial charge on any atom is 0.0586 e. The smallest absolute Gasteiger partial charge is 0.0586 e. The van der Waals surface area contributed by atoms with E-state index in [-0.39, 0.29) is 24.8 Å². The van der Waals surface area contributed by atoms with Crippen molar-refractivity contribution < 1.29 is 5.11 Å². The summed E-state index contributed by atoms with van der Waals surface area (Å²) >= 11 is 0. The van der Waals surface area contributed by atoms with Crippen LogP contribution in [-0.2, 0) is 0 Å². The second-order valence-electron chi connectivity index (χ2n) is 8.20. The van der Waals surface area contributed by atoms with Crippen molar-refractivity contribution in [1.82, 2.24) is 15.5 Å². The number of halogens is 2. The lowest BCUT2D eigenvalue weighted by Crippen LogP contribution is -2.44. The van der Waals surface area contributed by atoms with Gasteiger partial charge >= 0.3 is 0 Å². The number of aliphatic hydroxyl groups is 1. The van der Waals surface area contributed by atoms with Gasteiger partial charge in [-0.25, -0.2) is 0 Å². The van der Waals surface area contributed by atoms with E-state index in [9.17, 15) is 5.11 Å². The van der Waals surface area contributed by atoms with Gasteiger partial charge in [0.1, 0.15) is 0 Å². The van der Waals surface area contributed by atoms with Crippen LogP contribution in [-0.4, -0.2) is 61.4 Å². The van der Waals surface area contributed by atoms with Crippen LogP contribution in [0.2, 0.25) is 0 Å². The van der Waals surface area contributed by atoms with Crippen LogP contribution in [0.15, 0.2) is 0 Å².